The molecule has 0 saturated carbocycles. The maximum Gasteiger partial charge on any atom is 0.339 e. The second-order valence-electron chi connectivity index (χ2n) is 4.05. The molecule has 0 fully saturated rings. The molecule has 3 rings (SSSR count). The third-order valence-electron chi connectivity index (χ3n) is 2.72. The summed E-state index contributed by atoms with van der Waals surface area (Å²) >= 11 is 3.20. The minimum atomic E-state index is -1.05. The van der Waals surface area contributed by atoms with E-state index in [9.17, 15) is 9.90 Å². The molecule has 102 valence electrons. The van der Waals surface area contributed by atoms with E-state index in [1.807, 2.05) is 0 Å². The van der Waals surface area contributed by atoms with Gasteiger partial charge in [0.1, 0.15) is 11.4 Å². The summed E-state index contributed by atoms with van der Waals surface area (Å²) in [4.78, 5) is 15.3. The Morgan fingerprint density at radius 1 is 1.30 bits per heavy atom. The number of aromatic nitrogens is 1. The minimum absolute atomic E-state index is 0.0806. The van der Waals surface area contributed by atoms with Gasteiger partial charge in [0.25, 0.3) is 0 Å². The molecule has 0 amide bonds. The smallest absolute Gasteiger partial charge is 0.339 e. The summed E-state index contributed by atoms with van der Waals surface area (Å²) in [7, 11) is 0. The second-order valence-corrected chi connectivity index (χ2v) is 4.96. The Kier molecular flexibility index (Phi) is 3.19. The van der Waals surface area contributed by atoms with Crippen molar-refractivity contribution in [1.29, 1.82) is 0 Å². The number of carboxylic acid groups (broad SMARTS) is 1. The molecule has 0 saturated heterocycles. The van der Waals surface area contributed by atoms with Crippen molar-refractivity contribution in [2.24, 2.45) is 0 Å². The van der Waals surface area contributed by atoms with Crippen LogP contribution in [0.1, 0.15) is 10.4 Å². The number of pyridine rings is 1. The Hall–Kier alpha value is -2.28. The lowest BCUT2D eigenvalue weighted by molar-refractivity contribution is 0.0697. The van der Waals surface area contributed by atoms with Gasteiger partial charge in [0, 0.05) is 22.4 Å². The van der Waals surface area contributed by atoms with Crippen LogP contribution >= 0.6 is 15.9 Å². The normalized spacial score (nSPS) is 12.2. The van der Waals surface area contributed by atoms with E-state index in [4.69, 9.17) is 9.47 Å². The lowest BCUT2D eigenvalue weighted by Gasteiger charge is -2.09. The molecule has 2 N–H and O–H groups in total. The van der Waals surface area contributed by atoms with Gasteiger partial charge in [-0.05, 0) is 34.1 Å². The fraction of sp³-hybridized carbons (Fsp3) is 0.0769. The van der Waals surface area contributed by atoms with Crippen molar-refractivity contribution in [2.75, 3.05) is 12.1 Å². The minimum Gasteiger partial charge on any atom is -0.478 e. The molecule has 0 atom stereocenters. The van der Waals surface area contributed by atoms with Crippen LogP contribution in [0.25, 0.3) is 0 Å². The highest BCUT2D eigenvalue weighted by Crippen LogP contribution is 2.35. The Morgan fingerprint density at radius 2 is 2.10 bits per heavy atom. The molecule has 0 spiro atoms. The number of hydrogen-bond acceptors (Lipinski definition) is 5. The first-order valence-corrected chi connectivity index (χ1v) is 6.48. The zero-order valence-corrected chi connectivity index (χ0v) is 11.7. The zero-order valence-electron chi connectivity index (χ0n) is 10.1. The van der Waals surface area contributed by atoms with Crippen LogP contribution in [0, 0.1) is 0 Å². The van der Waals surface area contributed by atoms with Gasteiger partial charge >= 0.3 is 5.97 Å². The fourth-order valence-electron chi connectivity index (χ4n) is 1.81. The largest absolute Gasteiger partial charge is 0.478 e. The number of nitrogens with one attached hydrogen (secondary N) is 1. The van der Waals surface area contributed by atoms with Crippen LogP contribution in [0.15, 0.2) is 34.9 Å². The Labute approximate surface area is 122 Å². The highest BCUT2D eigenvalue weighted by Gasteiger charge is 2.16. The average Bonchev–Trinajstić information content (AvgIpc) is 2.88. The molecular formula is C13H9BrN2O4. The molecule has 0 radical (unpaired) electrons. The van der Waals surface area contributed by atoms with Gasteiger partial charge in [-0.3, -0.25) is 0 Å². The molecule has 1 aromatic carbocycles. The second kappa shape index (κ2) is 5.01. The Balaban J connectivity index is 1.93. The number of nitrogens with zero attached hydrogens (tertiary/aromatic N) is 1. The van der Waals surface area contributed by atoms with Gasteiger partial charge < -0.3 is 19.9 Å². The van der Waals surface area contributed by atoms with Crippen molar-refractivity contribution < 1.29 is 19.4 Å². The zero-order chi connectivity index (χ0) is 14.1. The van der Waals surface area contributed by atoms with Gasteiger partial charge in [0.05, 0.1) is 0 Å². The van der Waals surface area contributed by atoms with E-state index in [2.05, 4.69) is 26.2 Å². The van der Waals surface area contributed by atoms with Crippen molar-refractivity contribution in [2.45, 2.75) is 0 Å². The van der Waals surface area contributed by atoms with Crippen molar-refractivity contribution >= 4 is 33.4 Å². The molecule has 0 unspecified atom stereocenters. The quantitative estimate of drug-likeness (QED) is 0.896. The van der Waals surface area contributed by atoms with Crippen molar-refractivity contribution in [3.63, 3.8) is 0 Å². The molecule has 1 aliphatic heterocycles. The van der Waals surface area contributed by atoms with Crippen molar-refractivity contribution in [3.05, 3.63) is 40.5 Å². The monoisotopic (exact) mass is 336 g/mol. The Bertz CT molecular complexity index is 690. The molecule has 0 bridgehead atoms. The number of benzene rings is 1. The lowest BCUT2D eigenvalue weighted by Crippen LogP contribution is -2.04. The first-order valence-electron chi connectivity index (χ1n) is 5.69. The summed E-state index contributed by atoms with van der Waals surface area (Å²) in [6, 6.07) is 6.75. The van der Waals surface area contributed by atoms with Crippen LogP contribution in [0.3, 0.4) is 0 Å². The highest BCUT2D eigenvalue weighted by molar-refractivity contribution is 9.10. The van der Waals surface area contributed by atoms with Gasteiger partial charge in [-0.15, -0.1) is 0 Å². The lowest BCUT2D eigenvalue weighted by atomic mass is 10.2. The van der Waals surface area contributed by atoms with Crippen LogP contribution in [-0.2, 0) is 0 Å². The molecule has 7 heteroatoms. The van der Waals surface area contributed by atoms with E-state index in [0.717, 1.165) is 0 Å². The molecule has 0 aliphatic carbocycles. The van der Waals surface area contributed by atoms with Crippen LogP contribution in [0.5, 0.6) is 11.5 Å². The van der Waals surface area contributed by atoms with Gasteiger partial charge in [0.2, 0.25) is 6.79 Å². The summed E-state index contributed by atoms with van der Waals surface area (Å²) in [6.45, 7) is 0.190. The molecule has 1 aliphatic rings. The maximum atomic E-state index is 11.2. The first-order chi connectivity index (χ1) is 9.63. The highest BCUT2D eigenvalue weighted by atomic mass is 79.9. The summed E-state index contributed by atoms with van der Waals surface area (Å²) in [6.07, 6.45) is 1.53. The summed E-state index contributed by atoms with van der Waals surface area (Å²) in [5.41, 5.74) is 0.753. The number of carbonyl (C=O) groups is 1. The van der Waals surface area contributed by atoms with E-state index in [-0.39, 0.29) is 18.2 Å². The number of aromatic carboxylic acids is 1. The van der Waals surface area contributed by atoms with Crippen LogP contribution in [-0.4, -0.2) is 22.9 Å². The molecule has 6 nitrogen and oxygen atoms in total. The van der Waals surface area contributed by atoms with Gasteiger partial charge in [0.15, 0.2) is 11.5 Å². The van der Waals surface area contributed by atoms with E-state index >= 15 is 0 Å². The number of ether oxygens (including phenoxy) is 2. The van der Waals surface area contributed by atoms with Gasteiger partial charge in [-0.2, -0.15) is 0 Å². The molecule has 2 heterocycles. The predicted octanol–water partition coefficient (Wildman–Crippen LogP) is 3.01. The number of fused-ring (bicyclic) bond motifs is 1. The van der Waals surface area contributed by atoms with Crippen LogP contribution in [0.2, 0.25) is 0 Å². The van der Waals surface area contributed by atoms with E-state index in [0.29, 0.717) is 21.7 Å². The molecule has 2 aromatic rings. The topological polar surface area (TPSA) is 80.7 Å². The number of rotatable bonds is 3. The summed E-state index contributed by atoms with van der Waals surface area (Å²) in [5, 5.41) is 12.1. The van der Waals surface area contributed by atoms with E-state index in [1.54, 1.807) is 18.2 Å². The van der Waals surface area contributed by atoms with Crippen molar-refractivity contribution in [3.8, 4) is 11.5 Å². The molecule has 20 heavy (non-hydrogen) atoms. The third-order valence-corrected chi connectivity index (χ3v) is 3.15. The number of carboxylic acids is 1. The predicted molar refractivity (Wildman–Crippen MR) is 74.7 cm³/mol. The van der Waals surface area contributed by atoms with Crippen molar-refractivity contribution in [1.82, 2.24) is 4.98 Å². The van der Waals surface area contributed by atoms with Gasteiger partial charge in [-0.25, -0.2) is 9.78 Å². The molecular weight excluding hydrogens is 328 g/mol. The fourth-order valence-corrected chi connectivity index (χ4v) is 2.14. The number of halogens is 1. The first kappa shape index (κ1) is 12.7. The molecule has 1 aromatic heterocycles. The maximum absolute atomic E-state index is 11.2. The Morgan fingerprint density at radius 3 is 2.90 bits per heavy atom. The number of anilines is 2. The standard InChI is InChI=1S/C13H9BrN2O4/c14-7-3-9(13(17)18)12(15-5-7)16-8-1-2-10-11(4-8)20-6-19-10/h1-5H,6H2,(H,15,16)(H,17,18). The summed E-state index contributed by atoms with van der Waals surface area (Å²) < 4.78 is 11.1. The number of hydrogen-bond donors (Lipinski definition) is 2. The van der Waals surface area contributed by atoms with Crippen LogP contribution < -0.4 is 14.8 Å². The summed E-state index contributed by atoms with van der Waals surface area (Å²) in [5.74, 6) is 0.489. The van der Waals surface area contributed by atoms with E-state index in [1.165, 1.54) is 12.3 Å². The average molecular weight is 337 g/mol. The van der Waals surface area contributed by atoms with Gasteiger partial charge in [-0.1, -0.05) is 0 Å². The van der Waals surface area contributed by atoms with E-state index < -0.39 is 5.97 Å². The van der Waals surface area contributed by atoms with Crippen LogP contribution in [0.4, 0.5) is 11.5 Å². The SMILES string of the molecule is O=C(O)c1cc(Br)cnc1Nc1ccc2c(c1)OCO2. The third kappa shape index (κ3) is 2.39.